The lowest BCUT2D eigenvalue weighted by Crippen LogP contribution is -2.23. The molecule has 2 amide bonds. The van der Waals surface area contributed by atoms with Gasteiger partial charge in [-0.3, -0.25) is 14.4 Å². The zero-order valence-corrected chi connectivity index (χ0v) is 19.1. The van der Waals surface area contributed by atoms with Gasteiger partial charge in [-0.15, -0.1) is 0 Å². The first-order valence-electron chi connectivity index (χ1n) is 9.96. The summed E-state index contributed by atoms with van der Waals surface area (Å²) in [5, 5.41) is 5.61. The maximum Gasteiger partial charge on any atom is 0.306 e. The van der Waals surface area contributed by atoms with Crippen molar-refractivity contribution in [1.82, 2.24) is 0 Å². The summed E-state index contributed by atoms with van der Waals surface area (Å²) >= 11 is 3.37. The molecule has 0 aliphatic heterocycles. The van der Waals surface area contributed by atoms with Crippen molar-refractivity contribution < 1.29 is 19.1 Å². The third-order valence-electron chi connectivity index (χ3n) is 4.65. The Labute approximate surface area is 185 Å². The number of rotatable bonds is 9. The first-order valence-corrected chi connectivity index (χ1v) is 10.8. The lowest BCUT2D eigenvalue weighted by atomic mass is 10.0. The van der Waals surface area contributed by atoms with E-state index in [1.807, 2.05) is 51.1 Å². The van der Waals surface area contributed by atoms with Crippen LogP contribution in [0.2, 0.25) is 0 Å². The smallest absolute Gasteiger partial charge is 0.306 e. The van der Waals surface area contributed by atoms with E-state index in [9.17, 15) is 14.4 Å². The summed E-state index contributed by atoms with van der Waals surface area (Å²) in [6, 6.07) is 11.4. The Morgan fingerprint density at radius 3 is 2.20 bits per heavy atom. The van der Waals surface area contributed by atoms with Crippen molar-refractivity contribution in [2.75, 3.05) is 17.2 Å². The second kappa shape index (κ2) is 11.5. The summed E-state index contributed by atoms with van der Waals surface area (Å²) in [5.74, 6) is -1.27. The molecular weight excluding hydrogens is 448 g/mol. The molecule has 0 aliphatic rings. The minimum atomic E-state index is -0.590. The van der Waals surface area contributed by atoms with Gasteiger partial charge in [-0.1, -0.05) is 48.0 Å². The Balaban J connectivity index is 1.79. The molecule has 6 nitrogen and oxygen atoms in total. The molecule has 0 saturated heterocycles. The summed E-state index contributed by atoms with van der Waals surface area (Å²) in [5.41, 5.74) is 4.46. The molecule has 2 aromatic carbocycles. The number of hydrogen-bond donors (Lipinski definition) is 2. The monoisotopic (exact) mass is 474 g/mol. The fourth-order valence-electron chi connectivity index (χ4n) is 2.99. The van der Waals surface area contributed by atoms with Gasteiger partial charge in [0.15, 0.2) is 6.61 Å². The second-order valence-electron chi connectivity index (χ2n) is 6.87. The van der Waals surface area contributed by atoms with Crippen molar-refractivity contribution in [1.29, 1.82) is 0 Å². The van der Waals surface area contributed by atoms with Crippen LogP contribution in [0.25, 0.3) is 0 Å². The molecule has 0 spiro atoms. The number of carbonyl (C=O) groups excluding carboxylic acids is 3. The average Bonchev–Trinajstić information content (AvgIpc) is 2.72. The van der Waals surface area contributed by atoms with E-state index >= 15 is 0 Å². The van der Waals surface area contributed by atoms with Crippen LogP contribution in [0.5, 0.6) is 0 Å². The van der Waals surface area contributed by atoms with Crippen molar-refractivity contribution in [2.24, 2.45) is 0 Å². The number of para-hydroxylation sites is 1. The molecule has 0 bridgehead atoms. The highest BCUT2D eigenvalue weighted by Crippen LogP contribution is 2.22. The molecule has 2 rings (SSSR count). The van der Waals surface area contributed by atoms with Crippen LogP contribution >= 0.6 is 15.9 Å². The lowest BCUT2D eigenvalue weighted by molar-refractivity contribution is -0.147. The van der Waals surface area contributed by atoms with Crippen LogP contribution in [0.3, 0.4) is 0 Å². The van der Waals surface area contributed by atoms with E-state index < -0.39 is 11.9 Å². The van der Waals surface area contributed by atoms with E-state index in [1.54, 1.807) is 6.07 Å². The number of aryl methyl sites for hydroxylation is 3. The summed E-state index contributed by atoms with van der Waals surface area (Å²) in [7, 11) is 0. The zero-order chi connectivity index (χ0) is 22.1. The van der Waals surface area contributed by atoms with Gasteiger partial charge in [0.1, 0.15) is 0 Å². The topological polar surface area (TPSA) is 84.5 Å². The van der Waals surface area contributed by atoms with Gasteiger partial charge in [0.25, 0.3) is 5.91 Å². The molecule has 160 valence electrons. The first kappa shape index (κ1) is 23.6. The van der Waals surface area contributed by atoms with Gasteiger partial charge in [0, 0.05) is 22.3 Å². The molecule has 7 heteroatoms. The molecule has 0 fully saturated rings. The molecule has 0 radical (unpaired) electrons. The predicted octanol–water partition coefficient (Wildman–Crippen LogP) is 4.78. The van der Waals surface area contributed by atoms with E-state index in [0.29, 0.717) is 5.69 Å². The van der Waals surface area contributed by atoms with Gasteiger partial charge in [-0.25, -0.2) is 0 Å². The Kier molecular flexibility index (Phi) is 9.05. The summed E-state index contributed by atoms with van der Waals surface area (Å²) in [6.45, 7) is 5.54. The SMILES string of the molecule is CCc1cccc(CC)c1NC(=O)COC(=O)CCC(=O)Nc1ccc(Br)cc1C. The highest BCUT2D eigenvalue weighted by Gasteiger charge is 2.14. The Hall–Kier alpha value is -2.67. The molecule has 2 aromatic rings. The van der Waals surface area contributed by atoms with Crippen LogP contribution < -0.4 is 10.6 Å². The van der Waals surface area contributed by atoms with Crippen molar-refractivity contribution in [2.45, 2.75) is 46.5 Å². The quantitative estimate of drug-likeness (QED) is 0.511. The second-order valence-corrected chi connectivity index (χ2v) is 7.79. The van der Waals surface area contributed by atoms with Gasteiger partial charge in [-0.2, -0.15) is 0 Å². The van der Waals surface area contributed by atoms with Gasteiger partial charge >= 0.3 is 5.97 Å². The van der Waals surface area contributed by atoms with Gasteiger partial charge < -0.3 is 15.4 Å². The maximum atomic E-state index is 12.2. The molecule has 0 heterocycles. The number of ether oxygens (including phenoxy) is 1. The first-order chi connectivity index (χ1) is 14.3. The zero-order valence-electron chi connectivity index (χ0n) is 17.5. The van der Waals surface area contributed by atoms with Crippen LogP contribution in [-0.4, -0.2) is 24.4 Å². The number of carbonyl (C=O) groups is 3. The van der Waals surface area contributed by atoms with Crippen LogP contribution in [0.15, 0.2) is 40.9 Å². The lowest BCUT2D eigenvalue weighted by Gasteiger charge is -2.14. The Morgan fingerprint density at radius 1 is 0.933 bits per heavy atom. The van der Waals surface area contributed by atoms with E-state index in [2.05, 4.69) is 26.6 Å². The number of esters is 1. The normalized spacial score (nSPS) is 10.4. The summed E-state index contributed by atoms with van der Waals surface area (Å²) < 4.78 is 5.95. The third kappa shape index (κ3) is 6.99. The van der Waals surface area contributed by atoms with Crippen LogP contribution in [0, 0.1) is 6.92 Å². The van der Waals surface area contributed by atoms with Crippen molar-refractivity contribution in [3.8, 4) is 0 Å². The molecule has 2 N–H and O–H groups in total. The highest BCUT2D eigenvalue weighted by molar-refractivity contribution is 9.10. The highest BCUT2D eigenvalue weighted by atomic mass is 79.9. The van der Waals surface area contributed by atoms with Crippen molar-refractivity contribution in [3.05, 3.63) is 57.6 Å². The number of amides is 2. The molecule has 30 heavy (non-hydrogen) atoms. The van der Waals surface area contributed by atoms with E-state index in [0.717, 1.165) is 39.7 Å². The van der Waals surface area contributed by atoms with Gasteiger partial charge in [0.05, 0.1) is 6.42 Å². The predicted molar refractivity (Wildman–Crippen MR) is 122 cm³/mol. The Morgan fingerprint density at radius 2 is 1.60 bits per heavy atom. The number of anilines is 2. The average molecular weight is 475 g/mol. The van der Waals surface area contributed by atoms with Crippen LogP contribution in [-0.2, 0) is 32.0 Å². The third-order valence-corrected chi connectivity index (χ3v) is 5.14. The fraction of sp³-hybridized carbons (Fsp3) is 0.348. The molecule has 0 aliphatic carbocycles. The molecule has 0 saturated carbocycles. The summed E-state index contributed by atoms with van der Waals surface area (Å²) in [4.78, 5) is 36.2. The van der Waals surface area contributed by atoms with Gasteiger partial charge in [0.2, 0.25) is 5.91 Å². The molecule has 0 atom stereocenters. The van der Waals surface area contributed by atoms with Crippen LogP contribution in [0.4, 0.5) is 11.4 Å². The number of hydrogen-bond acceptors (Lipinski definition) is 4. The minimum Gasteiger partial charge on any atom is -0.456 e. The standard InChI is InChI=1S/C23H27BrN2O4/c1-4-16-7-6-8-17(5-2)23(16)26-21(28)14-30-22(29)12-11-20(27)25-19-10-9-18(24)13-15(19)3/h6-10,13H,4-5,11-12,14H2,1-3H3,(H,25,27)(H,26,28). The van der Waals surface area contributed by atoms with Crippen LogP contribution in [0.1, 0.15) is 43.4 Å². The van der Waals surface area contributed by atoms with Crippen molar-refractivity contribution in [3.63, 3.8) is 0 Å². The minimum absolute atomic E-state index is 0.0192. The van der Waals surface area contributed by atoms with Gasteiger partial charge in [-0.05, 0) is 54.7 Å². The molecule has 0 unspecified atom stereocenters. The van der Waals surface area contributed by atoms with Crippen molar-refractivity contribution >= 4 is 45.1 Å². The summed E-state index contributed by atoms with van der Waals surface area (Å²) in [6.07, 6.45) is 1.46. The van der Waals surface area contributed by atoms with E-state index in [4.69, 9.17) is 4.74 Å². The molecule has 0 aromatic heterocycles. The number of halogens is 1. The maximum absolute atomic E-state index is 12.2. The fourth-order valence-corrected chi connectivity index (χ4v) is 3.47. The number of benzene rings is 2. The van der Waals surface area contributed by atoms with E-state index in [1.165, 1.54) is 0 Å². The molecular formula is C23H27BrN2O4. The largest absolute Gasteiger partial charge is 0.456 e. The Bertz CT molecular complexity index is 905. The van der Waals surface area contributed by atoms with E-state index in [-0.39, 0.29) is 25.4 Å². The number of nitrogens with one attached hydrogen (secondary N) is 2.